The molecule has 2 aliphatic rings. The van der Waals surface area contributed by atoms with Gasteiger partial charge in [0.2, 0.25) is 5.95 Å². The van der Waals surface area contributed by atoms with Gasteiger partial charge in [0.25, 0.3) is 5.91 Å². The summed E-state index contributed by atoms with van der Waals surface area (Å²) in [7, 11) is 0. The number of carbonyl (C=O) groups excluding carboxylic acids is 1. The van der Waals surface area contributed by atoms with Gasteiger partial charge in [-0.15, -0.1) is 0 Å². The van der Waals surface area contributed by atoms with E-state index in [4.69, 9.17) is 19.9 Å². The van der Waals surface area contributed by atoms with E-state index in [1.165, 1.54) is 0 Å². The fraction of sp³-hybridized carbons (Fsp3) is 0.522. The highest BCUT2D eigenvalue weighted by molar-refractivity contribution is 6.06. The van der Waals surface area contributed by atoms with E-state index in [-0.39, 0.29) is 31.1 Å². The van der Waals surface area contributed by atoms with Crippen LogP contribution in [0.3, 0.4) is 0 Å². The summed E-state index contributed by atoms with van der Waals surface area (Å²) in [6, 6.07) is 7.39. The third-order valence-electron chi connectivity index (χ3n) is 5.40. The highest BCUT2D eigenvalue weighted by Crippen LogP contribution is 2.31. The number of nitrogens with zero attached hydrogens (tertiary/aromatic N) is 3. The molecule has 1 unspecified atom stereocenters. The molecule has 3 N–H and O–H groups in total. The minimum Gasteiger partial charge on any atom is -0.493 e. The average molecular weight is 442 g/mol. The van der Waals surface area contributed by atoms with Crippen LogP contribution in [-0.2, 0) is 15.9 Å². The van der Waals surface area contributed by atoms with Crippen LogP contribution in [0.15, 0.2) is 30.5 Å². The lowest BCUT2D eigenvalue weighted by atomic mass is 10.1. The molecule has 1 amide bonds. The summed E-state index contributed by atoms with van der Waals surface area (Å²) in [4.78, 5) is 24.2. The summed E-state index contributed by atoms with van der Waals surface area (Å²) in [6.45, 7) is 8.86. The fourth-order valence-corrected chi connectivity index (χ4v) is 4.03. The second-order valence-corrected chi connectivity index (χ2v) is 8.82. The van der Waals surface area contributed by atoms with Gasteiger partial charge in [-0.05, 0) is 57.5 Å². The molecule has 4 rings (SSSR count). The molecule has 0 spiro atoms. The molecule has 9 nitrogen and oxygen atoms in total. The van der Waals surface area contributed by atoms with Gasteiger partial charge < -0.3 is 25.3 Å². The first-order valence-electron chi connectivity index (χ1n) is 11.0. The minimum absolute atomic E-state index is 0.153. The van der Waals surface area contributed by atoms with Crippen LogP contribution in [0.2, 0.25) is 0 Å². The third-order valence-corrected chi connectivity index (χ3v) is 5.40. The minimum atomic E-state index is -0.773. The van der Waals surface area contributed by atoms with Crippen LogP contribution in [0.5, 0.6) is 5.75 Å². The summed E-state index contributed by atoms with van der Waals surface area (Å²) in [5.41, 5.74) is 7.52. The molecule has 3 heterocycles. The lowest BCUT2D eigenvalue weighted by Crippen LogP contribution is -2.44. The molecule has 0 radical (unpaired) electrons. The number of rotatable bonds is 7. The van der Waals surface area contributed by atoms with Crippen molar-refractivity contribution in [2.75, 3.05) is 29.9 Å². The van der Waals surface area contributed by atoms with Gasteiger partial charge in [0.15, 0.2) is 5.79 Å². The van der Waals surface area contributed by atoms with Crippen LogP contribution >= 0.6 is 0 Å². The molecule has 0 aliphatic carbocycles. The number of hydrogen-bond donors (Lipinski definition) is 2. The first-order valence-corrected chi connectivity index (χ1v) is 11.0. The maximum atomic E-state index is 13.7. The summed E-state index contributed by atoms with van der Waals surface area (Å²) in [5.74, 6) is 0.810. The van der Waals surface area contributed by atoms with Crippen molar-refractivity contribution >= 4 is 17.7 Å². The topological polar surface area (TPSA) is 112 Å². The van der Waals surface area contributed by atoms with E-state index < -0.39 is 11.9 Å². The molecule has 1 aromatic heterocycles. The van der Waals surface area contributed by atoms with Crippen molar-refractivity contribution in [2.45, 2.75) is 58.2 Å². The lowest BCUT2D eigenvalue weighted by Gasteiger charge is -2.27. The van der Waals surface area contributed by atoms with E-state index in [2.05, 4.69) is 15.3 Å². The number of aromatic nitrogens is 2. The largest absolute Gasteiger partial charge is 0.493 e. The Morgan fingerprint density at radius 2 is 2.06 bits per heavy atom. The molecule has 0 saturated carbocycles. The predicted molar refractivity (Wildman–Crippen MR) is 121 cm³/mol. The number of benzene rings is 1. The Bertz CT molecular complexity index is 981. The van der Waals surface area contributed by atoms with Crippen molar-refractivity contribution in [3.05, 3.63) is 41.6 Å². The number of hydrogen-bond acceptors (Lipinski definition) is 8. The van der Waals surface area contributed by atoms with Gasteiger partial charge >= 0.3 is 0 Å². The third kappa shape index (κ3) is 4.85. The van der Waals surface area contributed by atoms with Gasteiger partial charge in [0.05, 0.1) is 13.2 Å². The molecule has 32 heavy (non-hydrogen) atoms. The van der Waals surface area contributed by atoms with E-state index in [0.29, 0.717) is 23.9 Å². The van der Waals surface area contributed by atoms with Crippen molar-refractivity contribution in [1.82, 2.24) is 9.97 Å². The maximum absolute atomic E-state index is 13.7. The Balaban J connectivity index is 1.67. The zero-order valence-electron chi connectivity index (χ0n) is 19.0. The summed E-state index contributed by atoms with van der Waals surface area (Å²) in [6.07, 6.45) is 1.70. The molecule has 1 saturated heterocycles. The normalized spacial score (nSPS) is 21.3. The summed E-state index contributed by atoms with van der Waals surface area (Å²) < 4.78 is 17.6. The average Bonchev–Trinajstić information content (AvgIpc) is 3.33. The smallest absolute Gasteiger partial charge is 0.259 e. The molecule has 9 heteroatoms. The zero-order valence-corrected chi connectivity index (χ0v) is 19.0. The highest BCUT2D eigenvalue weighted by Gasteiger charge is 2.42. The number of anilines is 2. The Labute approximate surface area is 188 Å². The number of nitrogens with one attached hydrogen (secondary N) is 1. The Kier molecular flexibility index (Phi) is 6.32. The first-order chi connectivity index (χ1) is 15.3. The van der Waals surface area contributed by atoms with Crippen molar-refractivity contribution in [1.29, 1.82) is 0 Å². The lowest BCUT2D eigenvalue weighted by molar-refractivity contribution is -0.144. The number of amides is 1. The van der Waals surface area contributed by atoms with Crippen molar-refractivity contribution in [3.63, 3.8) is 0 Å². The van der Waals surface area contributed by atoms with Gasteiger partial charge in [0, 0.05) is 30.8 Å². The summed E-state index contributed by atoms with van der Waals surface area (Å²) >= 11 is 0. The molecule has 1 aromatic carbocycles. The molecule has 2 aromatic rings. The van der Waals surface area contributed by atoms with Crippen LogP contribution in [0.4, 0.5) is 11.8 Å². The van der Waals surface area contributed by atoms with Crippen LogP contribution in [0.1, 0.15) is 43.6 Å². The molecule has 2 aliphatic heterocycles. The van der Waals surface area contributed by atoms with E-state index in [1.807, 2.05) is 39.8 Å². The molecular weight excluding hydrogens is 410 g/mol. The standard InChI is InChI=1S/C23H31N5O4/c1-14(2)26-22-25-9-7-20(27-22)28(13-19-18(12-24)31-23(3,4)32-19)21(29)16-5-6-17-15(11-16)8-10-30-17/h5-7,9,11,14,18-19H,8,10,12-13,24H2,1-4H3,(H,25,26,27)/t18-,19?/m0/s1. The number of nitrogens with two attached hydrogens (primary N) is 1. The van der Waals surface area contributed by atoms with Crippen molar-refractivity contribution < 1.29 is 19.0 Å². The maximum Gasteiger partial charge on any atom is 0.259 e. The highest BCUT2D eigenvalue weighted by atomic mass is 16.8. The Morgan fingerprint density at radius 1 is 1.28 bits per heavy atom. The second-order valence-electron chi connectivity index (χ2n) is 8.82. The first kappa shape index (κ1) is 22.4. The van der Waals surface area contributed by atoms with E-state index in [9.17, 15) is 4.79 Å². The van der Waals surface area contributed by atoms with E-state index in [1.54, 1.807) is 23.2 Å². The van der Waals surface area contributed by atoms with Crippen LogP contribution in [0.25, 0.3) is 0 Å². The monoisotopic (exact) mass is 441 g/mol. The quantitative estimate of drug-likeness (QED) is 0.674. The number of fused-ring (bicyclic) bond motifs is 1. The van der Waals surface area contributed by atoms with Gasteiger partial charge in [-0.3, -0.25) is 9.69 Å². The SMILES string of the molecule is CC(C)Nc1nccc(N(CC2OC(C)(C)O[C@H]2CN)C(=O)c2ccc3c(c2)CCO3)n1. The van der Waals surface area contributed by atoms with Gasteiger partial charge in [-0.2, -0.15) is 4.98 Å². The Hall–Kier alpha value is -2.75. The fourth-order valence-electron chi connectivity index (χ4n) is 4.03. The van der Waals surface area contributed by atoms with Crippen molar-refractivity contribution in [2.24, 2.45) is 5.73 Å². The number of carbonyl (C=O) groups is 1. The molecule has 2 atom stereocenters. The van der Waals surface area contributed by atoms with Gasteiger partial charge in [-0.1, -0.05) is 0 Å². The second kappa shape index (κ2) is 9.01. The zero-order chi connectivity index (χ0) is 22.9. The van der Waals surface area contributed by atoms with Crippen LogP contribution in [-0.4, -0.2) is 59.6 Å². The van der Waals surface area contributed by atoms with Gasteiger partial charge in [-0.25, -0.2) is 4.98 Å². The van der Waals surface area contributed by atoms with Crippen LogP contribution < -0.4 is 20.7 Å². The molecule has 1 fully saturated rings. The molecular formula is C23H31N5O4. The van der Waals surface area contributed by atoms with Gasteiger partial charge in [0.1, 0.15) is 23.8 Å². The van der Waals surface area contributed by atoms with E-state index >= 15 is 0 Å². The molecule has 0 bridgehead atoms. The predicted octanol–water partition coefficient (Wildman–Crippen LogP) is 2.36. The van der Waals surface area contributed by atoms with E-state index in [0.717, 1.165) is 17.7 Å². The number of ether oxygens (including phenoxy) is 3. The van der Waals surface area contributed by atoms with Crippen LogP contribution in [0, 0.1) is 0 Å². The van der Waals surface area contributed by atoms with Crippen molar-refractivity contribution in [3.8, 4) is 5.75 Å². The summed E-state index contributed by atoms with van der Waals surface area (Å²) in [5, 5.41) is 3.19. The Morgan fingerprint density at radius 3 is 2.81 bits per heavy atom. The molecule has 172 valence electrons.